The van der Waals surface area contributed by atoms with E-state index in [2.05, 4.69) is 11.8 Å². The Balaban J connectivity index is 3.17. The number of rotatable bonds is 5. The monoisotopic (exact) mass is 242 g/mol. The molecular formula is C12H19ClN2O. The number of hydrogen-bond acceptors (Lipinski definition) is 3. The largest absolute Gasteiger partial charge is 0.496 e. The number of benzene rings is 1. The average molecular weight is 243 g/mol. The molecule has 16 heavy (non-hydrogen) atoms. The number of likely N-dealkylation sites (N-methyl/N-ethyl adjacent to an activating group) is 1. The Morgan fingerprint density at radius 2 is 2.19 bits per heavy atom. The fraction of sp³-hybridized carbons (Fsp3) is 0.500. The highest BCUT2D eigenvalue weighted by Crippen LogP contribution is 2.34. The molecule has 0 fully saturated rings. The molecule has 0 saturated heterocycles. The van der Waals surface area contributed by atoms with E-state index in [0.717, 1.165) is 17.9 Å². The minimum Gasteiger partial charge on any atom is -0.496 e. The van der Waals surface area contributed by atoms with Crippen LogP contribution in [0.3, 0.4) is 0 Å². The first-order chi connectivity index (χ1) is 7.65. The van der Waals surface area contributed by atoms with Crippen LogP contribution in [0.5, 0.6) is 5.75 Å². The second-order valence-electron chi connectivity index (χ2n) is 3.68. The molecule has 90 valence electrons. The summed E-state index contributed by atoms with van der Waals surface area (Å²) in [6.07, 6.45) is 0. The van der Waals surface area contributed by atoms with Crippen LogP contribution < -0.4 is 10.5 Å². The maximum absolute atomic E-state index is 6.22. The zero-order valence-corrected chi connectivity index (χ0v) is 10.8. The fourth-order valence-electron chi connectivity index (χ4n) is 1.76. The zero-order chi connectivity index (χ0) is 12.1. The van der Waals surface area contributed by atoms with Crippen LogP contribution >= 0.6 is 11.6 Å². The molecule has 0 aliphatic carbocycles. The van der Waals surface area contributed by atoms with Crippen LogP contribution in [0.15, 0.2) is 18.2 Å². The van der Waals surface area contributed by atoms with Crippen molar-refractivity contribution in [3.05, 3.63) is 28.8 Å². The quantitative estimate of drug-likeness (QED) is 0.861. The van der Waals surface area contributed by atoms with Gasteiger partial charge in [0.25, 0.3) is 0 Å². The normalized spacial score (nSPS) is 12.9. The van der Waals surface area contributed by atoms with Crippen molar-refractivity contribution in [1.82, 2.24) is 4.90 Å². The van der Waals surface area contributed by atoms with Gasteiger partial charge in [-0.1, -0.05) is 24.6 Å². The van der Waals surface area contributed by atoms with E-state index in [1.807, 2.05) is 25.2 Å². The van der Waals surface area contributed by atoms with Gasteiger partial charge in [-0.15, -0.1) is 0 Å². The molecule has 0 aliphatic rings. The van der Waals surface area contributed by atoms with E-state index in [-0.39, 0.29) is 6.04 Å². The maximum atomic E-state index is 6.22. The van der Waals surface area contributed by atoms with Gasteiger partial charge in [0.2, 0.25) is 0 Å². The third-order valence-corrected chi connectivity index (χ3v) is 3.15. The average Bonchev–Trinajstić information content (AvgIpc) is 2.31. The van der Waals surface area contributed by atoms with Crippen LogP contribution in [0.1, 0.15) is 18.5 Å². The molecule has 1 aromatic carbocycles. The van der Waals surface area contributed by atoms with Gasteiger partial charge in [0.05, 0.1) is 13.2 Å². The number of methoxy groups -OCH3 is 1. The van der Waals surface area contributed by atoms with Crippen LogP contribution in [0.25, 0.3) is 0 Å². The first kappa shape index (κ1) is 13.3. The van der Waals surface area contributed by atoms with Crippen LogP contribution in [0.4, 0.5) is 0 Å². The molecule has 4 heteroatoms. The van der Waals surface area contributed by atoms with Crippen molar-refractivity contribution < 1.29 is 4.74 Å². The van der Waals surface area contributed by atoms with E-state index in [4.69, 9.17) is 22.1 Å². The minimum atomic E-state index is 0.0913. The van der Waals surface area contributed by atoms with Crippen molar-refractivity contribution in [3.63, 3.8) is 0 Å². The number of nitrogens with zero attached hydrogens (tertiary/aromatic N) is 1. The molecule has 0 heterocycles. The summed E-state index contributed by atoms with van der Waals surface area (Å²) in [5.74, 6) is 0.795. The molecule has 3 nitrogen and oxygen atoms in total. The first-order valence-corrected chi connectivity index (χ1v) is 5.76. The van der Waals surface area contributed by atoms with E-state index in [9.17, 15) is 0 Å². The van der Waals surface area contributed by atoms with Gasteiger partial charge in [0, 0.05) is 17.1 Å². The van der Waals surface area contributed by atoms with E-state index < -0.39 is 0 Å². The molecule has 0 saturated carbocycles. The van der Waals surface area contributed by atoms with Gasteiger partial charge in [-0.25, -0.2) is 0 Å². The summed E-state index contributed by atoms with van der Waals surface area (Å²) in [6.45, 7) is 3.52. The Hall–Kier alpha value is -0.770. The lowest BCUT2D eigenvalue weighted by Crippen LogP contribution is -2.30. The summed E-state index contributed by atoms with van der Waals surface area (Å²) in [6, 6.07) is 5.75. The van der Waals surface area contributed by atoms with Crippen molar-refractivity contribution in [2.45, 2.75) is 13.0 Å². The summed E-state index contributed by atoms with van der Waals surface area (Å²) in [7, 11) is 3.68. The topological polar surface area (TPSA) is 38.5 Å². The molecule has 1 rings (SSSR count). The van der Waals surface area contributed by atoms with E-state index in [1.54, 1.807) is 7.11 Å². The molecular weight excluding hydrogens is 224 g/mol. The van der Waals surface area contributed by atoms with Crippen LogP contribution in [-0.4, -0.2) is 32.1 Å². The second kappa shape index (κ2) is 6.09. The van der Waals surface area contributed by atoms with Gasteiger partial charge < -0.3 is 10.5 Å². The van der Waals surface area contributed by atoms with Gasteiger partial charge >= 0.3 is 0 Å². The van der Waals surface area contributed by atoms with Gasteiger partial charge in [-0.2, -0.15) is 0 Å². The lowest BCUT2D eigenvalue weighted by Gasteiger charge is -2.28. The Labute approximate surface area is 102 Å². The molecule has 0 bridgehead atoms. The molecule has 1 unspecified atom stereocenters. The van der Waals surface area contributed by atoms with Gasteiger partial charge in [0.1, 0.15) is 5.75 Å². The molecule has 0 spiro atoms. The van der Waals surface area contributed by atoms with Crippen molar-refractivity contribution in [2.75, 3.05) is 27.2 Å². The number of halogens is 1. The molecule has 0 radical (unpaired) electrons. The molecule has 0 aromatic heterocycles. The summed E-state index contributed by atoms with van der Waals surface area (Å²) in [5.41, 5.74) is 6.79. The maximum Gasteiger partial charge on any atom is 0.125 e. The fourth-order valence-corrected chi connectivity index (χ4v) is 2.05. The Bertz CT molecular complexity index is 344. The lowest BCUT2D eigenvalue weighted by molar-refractivity contribution is 0.256. The second-order valence-corrected chi connectivity index (χ2v) is 4.09. The van der Waals surface area contributed by atoms with Crippen LogP contribution in [0.2, 0.25) is 5.02 Å². The Kier molecular flexibility index (Phi) is 5.06. The Morgan fingerprint density at radius 3 is 2.69 bits per heavy atom. The van der Waals surface area contributed by atoms with Crippen LogP contribution in [0, 0.1) is 0 Å². The zero-order valence-electron chi connectivity index (χ0n) is 10.0. The predicted molar refractivity (Wildman–Crippen MR) is 68.1 cm³/mol. The van der Waals surface area contributed by atoms with E-state index in [0.29, 0.717) is 11.6 Å². The molecule has 1 aromatic rings. The smallest absolute Gasteiger partial charge is 0.125 e. The summed E-state index contributed by atoms with van der Waals surface area (Å²) < 4.78 is 5.34. The highest BCUT2D eigenvalue weighted by Gasteiger charge is 2.20. The first-order valence-electron chi connectivity index (χ1n) is 5.38. The number of hydrogen-bond donors (Lipinski definition) is 1. The summed E-state index contributed by atoms with van der Waals surface area (Å²) in [4.78, 5) is 2.16. The third-order valence-electron chi connectivity index (χ3n) is 2.82. The summed E-state index contributed by atoms with van der Waals surface area (Å²) >= 11 is 6.22. The van der Waals surface area contributed by atoms with Gasteiger partial charge in [-0.3, -0.25) is 4.90 Å². The van der Waals surface area contributed by atoms with Crippen molar-refractivity contribution in [1.29, 1.82) is 0 Å². The van der Waals surface area contributed by atoms with Gasteiger partial charge in [-0.05, 0) is 25.7 Å². The van der Waals surface area contributed by atoms with Crippen LogP contribution in [-0.2, 0) is 0 Å². The highest BCUT2D eigenvalue weighted by atomic mass is 35.5. The Morgan fingerprint density at radius 1 is 1.50 bits per heavy atom. The lowest BCUT2D eigenvalue weighted by atomic mass is 10.0. The molecule has 0 amide bonds. The van der Waals surface area contributed by atoms with E-state index >= 15 is 0 Å². The number of ether oxygens (including phenoxy) is 1. The van der Waals surface area contributed by atoms with Crippen molar-refractivity contribution >= 4 is 11.6 Å². The molecule has 2 N–H and O–H groups in total. The van der Waals surface area contributed by atoms with Gasteiger partial charge in [0.15, 0.2) is 0 Å². The van der Waals surface area contributed by atoms with E-state index in [1.165, 1.54) is 0 Å². The number of nitrogens with two attached hydrogens (primary N) is 1. The predicted octanol–water partition coefficient (Wildman–Crippen LogP) is 2.30. The third kappa shape index (κ3) is 2.67. The molecule has 1 atom stereocenters. The standard InChI is InChI=1S/C12H19ClN2O/c1-4-15(2)10(8-14)12-9(13)6-5-7-11(12)16-3/h5-7,10H,4,8,14H2,1-3H3. The minimum absolute atomic E-state index is 0.0913. The molecule has 0 aliphatic heterocycles. The van der Waals surface area contributed by atoms with Crippen molar-refractivity contribution in [2.24, 2.45) is 5.73 Å². The van der Waals surface area contributed by atoms with Crippen molar-refractivity contribution in [3.8, 4) is 5.75 Å². The summed E-state index contributed by atoms with van der Waals surface area (Å²) in [5, 5.41) is 0.704. The highest BCUT2D eigenvalue weighted by molar-refractivity contribution is 6.31. The SMILES string of the molecule is CCN(C)C(CN)c1c(Cl)cccc1OC.